The van der Waals surface area contributed by atoms with Gasteiger partial charge in [-0.05, 0) is 69.6 Å². The lowest BCUT2D eigenvalue weighted by atomic mass is 9.72. The van der Waals surface area contributed by atoms with E-state index in [9.17, 15) is 36.3 Å². The fourth-order valence-electron chi connectivity index (χ4n) is 5.71. The normalized spacial score (nSPS) is 23.9. The second kappa shape index (κ2) is 11.5. The van der Waals surface area contributed by atoms with Gasteiger partial charge in [-0.1, -0.05) is 23.3 Å². The number of carbonyl (C=O) groups is 2. The van der Waals surface area contributed by atoms with Gasteiger partial charge in [0.1, 0.15) is 0 Å². The van der Waals surface area contributed by atoms with E-state index in [1.54, 1.807) is 0 Å². The average molecular weight is 599 g/mol. The SMILES string of the molecule is CC(C)=CCNC(=O)CC1(O)C2CC[C@H]1CC(S(=O)(=O)c1cc(C(=O)Nc3cc(F)c(F)c(F)c3)ccc1Cl)C2. The van der Waals surface area contributed by atoms with Gasteiger partial charge in [-0.25, -0.2) is 21.6 Å². The number of hydrogen-bond donors (Lipinski definition) is 3. The molecule has 4 rings (SSSR count). The summed E-state index contributed by atoms with van der Waals surface area (Å²) in [5.41, 5.74) is -0.764. The van der Waals surface area contributed by atoms with E-state index in [2.05, 4.69) is 10.6 Å². The predicted octanol–water partition coefficient (Wildman–Crippen LogP) is 5.18. The van der Waals surface area contributed by atoms with Crippen LogP contribution in [0, 0.1) is 29.3 Å². The Kier molecular flexibility index (Phi) is 8.68. The van der Waals surface area contributed by atoms with Crippen molar-refractivity contribution in [3.8, 4) is 0 Å². The van der Waals surface area contributed by atoms with E-state index < -0.39 is 55.9 Å². The smallest absolute Gasteiger partial charge is 0.255 e. The summed E-state index contributed by atoms with van der Waals surface area (Å²) < 4.78 is 67.7. The first-order valence-corrected chi connectivity index (χ1v) is 14.8. The quantitative estimate of drug-likeness (QED) is 0.286. The Morgan fingerprint density at radius 2 is 1.68 bits per heavy atom. The minimum absolute atomic E-state index is 0.109. The Morgan fingerprint density at radius 3 is 2.25 bits per heavy atom. The third-order valence-electron chi connectivity index (χ3n) is 7.81. The van der Waals surface area contributed by atoms with Gasteiger partial charge in [0.15, 0.2) is 27.3 Å². The molecule has 12 heteroatoms. The third kappa shape index (κ3) is 6.06. The molecule has 4 atom stereocenters. The number of anilines is 1. The summed E-state index contributed by atoms with van der Waals surface area (Å²) in [4.78, 5) is 25.0. The predicted molar refractivity (Wildman–Crippen MR) is 144 cm³/mol. The van der Waals surface area contributed by atoms with Crippen LogP contribution >= 0.6 is 11.6 Å². The van der Waals surface area contributed by atoms with Gasteiger partial charge in [0.25, 0.3) is 5.91 Å². The van der Waals surface area contributed by atoms with Crippen LogP contribution in [0.3, 0.4) is 0 Å². The van der Waals surface area contributed by atoms with Crippen molar-refractivity contribution >= 4 is 38.9 Å². The Morgan fingerprint density at radius 1 is 1.07 bits per heavy atom. The maximum atomic E-state index is 13.7. The molecule has 0 spiro atoms. The molecule has 0 aromatic heterocycles. The van der Waals surface area contributed by atoms with Crippen molar-refractivity contribution in [1.29, 1.82) is 0 Å². The van der Waals surface area contributed by atoms with Crippen LogP contribution in [0.15, 0.2) is 46.9 Å². The molecule has 7 nitrogen and oxygen atoms in total. The standard InChI is InChI=1S/C28H30ClF3N2O5S/c1-15(2)7-8-33-25(35)14-28(37)17-4-5-18(28)11-20(10-17)40(38,39)24-9-16(3-6-21(24)29)27(36)34-19-12-22(30)26(32)23(31)13-19/h3,6-7,9,12-13,17-18,20,37H,4-5,8,10-11,14H2,1-2H3,(H,33,35)(H,34,36)/t17-,18?,20?,28?/m0/s1. The molecule has 2 aliphatic carbocycles. The van der Waals surface area contributed by atoms with Crippen molar-refractivity contribution in [3.05, 3.63) is 70.0 Å². The molecule has 0 saturated heterocycles. The molecule has 2 aliphatic rings. The Balaban J connectivity index is 1.51. The number of carbonyl (C=O) groups excluding carboxylic acids is 2. The number of hydrogen-bond acceptors (Lipinski definition) is 5. The van der Waals surface area contributed by atoms with Crippen LogP contribution in [-0.2, 0) is 14.6 Å². The van der Waals surface area contributed by atoms with E-state index in [0.29, 0.717) is 31.5 Å². The molecule has 2 aromatic carbocycles. The lowest BCUT2D eigenvalue weighted by molar-refractivity contribution is -0.132. The van der Waals surface area contributed by atoms with Crippen molar-refractivity contribution in [2.45, 2.75) is 61.7 Å². The summed E-state index contributed by atoms with van der Waals surface area (Å²) >= 11 is 6.25. The van der Waals surface area contributed by atoms with Crippen molar-refractivity contribution in [1.82, 2.24) is 5.32 Å². The molecule has 0 heterocycles. The molecule has 3 unspecified atom stereocenters. The zero-order valence-electron chi connectivity index (χ0n) is 21.9. The van der Waals surface area contributed by atoms with Crippen LogP contribution < -0.4 is 10.6 Å². The summed E-state index contributed by atoms with van der Waals surface area (Å²) in [6, 6.07) is 4.78. The van der Waals surface area contributed by atoms with E-state index in [-0.39, 0.29) is 46.3 Å². The minimum atomic E-state index is -4.07. The van der Waals surface area contributed by atoms with Gasteiger partial charge < -0.3 is 15.7 Å². The zero-order valence-corrected chi connectivity index (χ0v) is 23.5. The number of aliphatic hydroxyl groups is 1. The summed E-state index contributed by atoms with van der Waals surface area (Å²) in [5.74, 6) is -6.67. The highest BCUT2D eigenvalue weighted by atomic mass is 35.5. The van der Waals surface area contributed by atoms with E-state index in [1.807, 2.05) is 19.9 Å². The highest BCUT2D eigenvalue weighted by Crippen LogP contribution is 2.53. The molecule has 2 amide bonds. The monoisotopic (exact) mass is 598 g/mol. The maximum Gasteiger partial charge on any atom is 0.255 e. The molecule has 2 saturated carbocycles. The summed E-state index contributed by atoms with van der Waals surface area (Å²) in [6.07, 6.45) is 3.14. The van der Waals surface area contributed by atoms with Crippen LogP contribution in [-0.4, -0.2) is 42.7 Å². The highest BCUT2D eigenvalue weighted by molar-refractivity contribution is 7.92. The summed E-state index contributed by atoms with van der Waals surface area (Å²) in [7, 11) is -4.07. The Bertz CT molecular complexity index is 1440. The van der Waals surface area contributed by atoms with Crippen molar-refractivity contribution in [2.24, 2.45) is 11.8 Å². The molecule has 0 radical (unpaired) electrons. The number of fused-ring (bicyclic) bond motifs is 2. The van der Waals surface area contributed by atoms with Gasteiger partial charge in [0.05, 0.1) is 27.2 Å². The van der Waals surface area contributed by atoms with Crippen molar-refractivity contribution in [3.63, 3.8) is 0 Å². The van der Waals surface area contributed by atoms with Crippen LogP contribution in [0.1, 0.15) is 56.3 Å². The first-order chi connectivity index (χ1) is 18.7. The van der Waals surface area contributed by atoms with Crippen LogP contribution in [0.2, 0.25) is 5.02 Å². The zero-order chi connectivity index (χ0) is 29.4. The highest BCUT2D eigenvalue weighted by Gasteiger charge is 2.56. The molecule has 216 valence electrons. The topological polar surface area (TPSA) is 113 Å². The van der Waals surface area contributed by atoms with Crippen molar-refractivity contribution in [2.75, 3.05) is 11.9 Å². The molecule has 0 aliphatic heterocycles. The van der Waals surface area contributed by atoms with E-state index in [1.165, 1.54) is 12.1 Å². The number of rotatable bonds is 8. The largest absolute Gasteiger partial charge is 0.389 e. The Labute approximate surface area is 235 Å². The van der Waals surface area contributed by atoms with Gasteiger partial charge in [-0.15, -0.1) is 0 Å². The van der Waals surface area contributed by atoms with Crippen LogP contribution in [0.5, 0.6) is 0 Å². The number of nitrogens with one attached hydrogen (secondary N) is 2. The second-order valence-electron chi connectivity index (χ2n) is 10.7. The van der Waals surface area contributed by atoms with E-state index >= 15 is 0 Å². The second-order valence-corrected chi connectivity index (χ2v) is 13.3. The van der Waals surface area contributed by atoms with Gasteiger partial charge in [0.2, 0.25) is 5.91 Å². The fourth-order valence-corrected chi connectivity index (χ4v) is 8.12. The summed E-state index contributed by atoms with van der Waals surface area (Å²) in [6.45, 7) is 4.16. The molecule has 2 fully saturated rings. The van der Waals surface area contributed by atoms with E-state index in [4.69, 9.17) is 11.6 Å². The number of benzene rings is 2. The number of amides is 2. The van der Waals surface area contributed by atoms with Crippen LogP contribution in [0.4, 0.5) is 18.9 Å². The summed E-state index contributed by atoms with van der Waals surface area (Å²) in [5, 5.41) is 15.4. The number of halogens is 4. The molecule has 2 bridgehead atoms. The molecule has 40 heavy (non-hydrogen) atoms. The van der Waals surface area contributed by atoms with Crippen molar-refractivity contribution < 1.29 is 36.3 Å². The van der Waals surface area contributed by atoms with Gasteiger partial charge in [-0.3, -0.25) is 9.59 Å². The first-order valence-electron chi connectivity index (χ1n) is 12.8. The molecular weight excluding hydrogens is 569 g/mol. The lowest BCUT2D eigenvalue weighted by Gasteiger charge is -2.42. The van der Waals surface area contributed by atoms with Crippen LogP contribution in [0.25, 0.3) is 0 Å². The average Bonchev–Trinajstić information content (AvgIpc) is 3.03. The fraction of sp³-hybridized carbons (Fsp3) is 0.429. The molecule has 3 N–H and O–H groups in total. The Hall–Kier alpha value is -2.89. The lowest BCUT2D eigenvalue weighted by Crippen LogP contribution is -2.50. The minimum Gasteiger partial charge on any atom is -0.389 e. The maximum absolute atomic E-state index is 13.7. The van der Waals surface area contributed by atoms with Gasteiger partial charge >= 0.3 is 0 Å². The van der Waals surface area contributed by atoms with E-state index in [0.717, 1.165) is 11.6 Å². The van der Waals surface area contributed by atoms with Gasteiger partial charge in [-0.2, -0.15) is 0 Å². The third-order valence-corrected chi connectivity index (χ3v) is 10.5. The first kappa shape index (κ1) is 30.1. The molecular formula is C28H30ClF3N2O5S. The number of sulfone groups is 1. The molecule has 2 aromatic rings. The number of allylic oxidation sites excluding steroid dienone is 1. The van der Waals surface area contributed by atoms with Gasteiger partial charge in [0, 0.05) is 29.9 Å².